The van der Waals surface area contributed by atoms with Gasteiger partial charge in [0, 0.05) is 6.42 Å². The van der Waals surface area contributed by atoms with E-state index in [-0.39, 0.29) is 18.9 Å². The summed E-state index contributed by atoms with van der Waals surface area (Å²) in [6.07, 6.45) is 65.8. The first-order valence-electron chi connectivity index (χ1n) is 40.9. The summed E-state index contributed by atoms with van der Waals surface area (Å²) < 4.78 is 34.4. The number of carbonyl (C=O) groups is 1. The number of hydrogen-bond donors (Lipinski definition) is 12. The number of rotatable bonds is 63. The smallest absolute Gasteiger partial charge is 0.220 e. The van der Waals surface area contributed by atoms with E-state index in [4.69, 9.17) is 28.4 Å². The zero-order valence-corrected chi connectivity index (χ0v) is 64.4. The second-order valence-electron chi connectivity index (χ2n) is 28.5. The van der Waals surface area contributed by atoms with Gasteiger partial charge in [-0.05, 0) is 109 Å². The molecule has 105 heavy (non-hydrogen) atoms. The Balaban J connectivity index is 1.41. The molecule has 0 aromatic heterocycles. The molecule has 19 heteroatoms. The third-order valence-electron chi connectivity index (χ3n) is 19.4. The van der Waals surface area contributed by atoms with Crippen LogP contribution in [-0.4, -0.2) is 193 Å². The Morgan fingerprint density at radius 2 is 0.667 bits per heavy atom. The topological polar surface area (TPSA) is 307 Å². The highest BCUT2D eigenvalue weighted by Crippen LogP contribution is 2.33. The minimum atomic E-state index is -1.99. The molecular weight excluding hydrogens is 1330 g/mol. The normalized spacial score (nSPS) is 26.5. The molecule has 0 saturated carbocycles. The van der Waals surface area contributed by atoms with Crippen LogP contribution in [0.25, 0.3) is 0 Å². The molecule has 0 aliphatic carbocycles. The van der Waals surface area contributed by atoms with E-state index in [1.165, 1.54) is 122 Å². The molecule has 1 amide bonds. The van der Waals surface area contributed by atoms with E-state index in [2.05, 4.69) is 141 Å². The number of allylic oxidation sites excluding steroid dienone is 21. The zero-order valence-electron chi connectivity index (χ0n) is 64.4. The van der Waals surface area contributed by atoms with Crippen LogP contribution < -0.4 is 5.32 Å². The Hall–Kier alpha value is -4.07. The number of aliphatic hydroxyl groups excluding tert-OH is 11. The van der Waals surface area contributed by atoms with Crippen molar-refractivity contribution in [3.63, 3.8) is 0 Å². The fourth-order valence-electron chi connectivity index (χ4n) is 12.9. The van der Waals surface area contributed by atoms with E-state index < -0.39 is 124 Å². The van der Waals surface area contributed by atoms with Crippen LogP contribution in [0.1, 0.15) is 271 Å². The van der Waals surface area contributed by atoms with Crippen molar-refractivity contribution in [2.45, 2.75) is 375 Å². The maximum Gasteiger partial charge on any atom is 0.220 e. The number of unbranched alkanes of at least 4 members (excludes halogenated alkanes) is 27. The Labute approximate surface area is 632 Å². The van der Waals surface area contributed by atoms with Crippen LogP contribution in [0.2, 0.25) is 0 Å². The summed E-state index contributed by atoms with van der Waals surface area (Å²) in [7, 11) is 0. The average molecular weight is 1480 g/mol. The number of amides is 1. The number of ether oxygens (including phenoxy) is 6. The molecule has 0 bridgehead atoms. The van der Waals surface area contributed by atoms with Crippen LogP contribution in [0.4, 0.5) is 0 Å². The predicted molar refractivity (Wildman–Crippen MR) is 419 cm³/mol. The molecule has 17 unspecified atom stereocenters. The van der Waals surface area contributed by atoms with Crippen LogP contribution in [-0.2, 0) is 33.2 Å². The van der Waals surface area contributed by atoms with E-state index in [1.807, 2.05) is 6.08 Å². The van der Waals surface area contributed by atoms with Crippen LogP contribution in [0.3, 0.4) is 0 Å². The molecule has 3 aliphatic heterocycles. The standard InChI is InChI=1S/C86H145NO18/c1-3-5-7-9-11-13-15-17-19-21-23-25-27-29-31-33-34-36-38-40-42-44-46-48-50-52-54-56-58-60-62-64-74(92)87-69(70(91)63-61-59-57-55-53-51-49-47-45-43-41-39-37-35-32-30-28-26-24-22-20-18-16-14-12-10-8-6-4-2)68-100-84-80(98)77(95)82(72(66-89)102-84)105-86-81(99)78(96)83(73(67-90)103-86)104-85-79(97)76(94)75(93)71(65-88)101-85/h5,7,11,13,17,19,23,25,29,31,34,36,40,42,45-48,53,55,61,63,69-73,75-86,88-91,93-99H,3-4,6,8-10,12,14-16,18,20-22,24,26-28,30,32-33,35,37-39,41,43-44,49-52,54,56-60,62,64-68H2,1-2H3,(H,87,92)/b7-5-,13-11-,19-17-,25-23-,31-29-,36-34-,42-40-,47-45+,48-46-,55-53+,63-61+. The van der Waals surface area contributed by atoms with Crippen LogP contribution >= 0.6 is 0 Å². The van der Waals surface area contributed by atoms with Gasteiger partial charge in [-0.2, -0.15) is 0 Å². The summed E-state index contributed by atoms with van der Waals surface area (Å²) in [5.74, 6) is -0.308. The van der Waals surface area contributed by atoms with Gasteiger partial charge in [-0.1, -0.05) is 289 Å². The Bertz CT molecular complexity index is 2420. The van der Waals surface area contributed by atoms with Gasteiger partial charge in [0.2, 0.25) is 5.91 Å². The first kappa shape index (κ1) is 95.1. The van der Waals surface area contributed by atoms with E-state index >= 15 is 0 Å². The minimum absolute atomic E-state index is 0.206. The van der Waals surface area contributed by atoms with E-state index in [1.54, 1.807) is 6.08 Å². The number of hydrogen-bond acceptors (Lipinski definition) is 18. The predicted octanol–water partition coefficient (Wildman–Crippen LogP) is 14.1. The Morgan fingerprint density at radius 3 is 1.07 bits per heavy atom. The molecule has 602 valence electrons. The molecule has 3 aliphatic rings. The minimum Gasteiger partial charge on any atom is -0.394 e. The van der Waals surface area contributed by atoms with Crippen molar-refractivity contribution < 1.29 is 89.4 Å². The van der Waals surface area contributed by atoms with E-state index in [0.29, 0.717) is 12.8 Å². The van der Waals surface area contributed by atoms with E-state index in [0.717, 1.165) is 116 Å². The molecule has 0 aromatic carbocycles. The van der Waals surface area contributed by atoms with Crippen molar-refractivity contribution in [3.05, 3.63) is 134 Å². The van der Waals surface area contributed by atoms with Crippen LogP contribution in [0, 0.1) is 0 Å². The Morgan fingerprint density at radius 1 is 0.352 bits per heavy atom. The summed E-state index contributed by atoms with van der Waals surface area (Å²) in [4.78, 5) is 13.5. The quantitative estimate of drug-likeness (QED) is 0.0199. The van der Waals surface area contributed by atoms with Crippen LogP contribution in [0.5, 0.6) is 0 Å². The molecule has 17 atom stereocenters. The van der Waals surface area contributed by atoms with Crippen molar-refractivity contribution in [1.82, 2.24) is 5.32 Å². The molecule has 3 fully saturated rings. The lowest BCUT2D eigenvalue weighted by molar-refractivity contribution is -0.379. The number of nitrogens with one attached hydrogen (secondary N) is 1. The maximum atomic E-state index is 13.5. The lowest BCUT2D eigenvalue weighted by atomic mass is 9.96. The second kappa shape index (κ2) is 64.7. The van der Waals surface area contributed by atoms with Gasteiger partial charge in [0.05, 0.1) is 38.6 Å². The monoisotopic (exact) mass is 1480 g/mol. The molecule has 0 aromatic rings. The van der Waals surface area contributed by atoms with Crippen molar-refractivity contribution >= 4 is 5.91 Å². The SMILES string of the molecule is CC/C=C\C/C=C\C/C=C\C/C=C\C/C=C\C/C=C\C/C=C\C/C=C\CCCCCCCCC(=O)NC(COC1OC(CO)C(OC2OC(CO)C(OC3OC(CO)C(O)C(O)C3O)C(O)C2O)C(O)C1O)C(O)/C=C/CC/C=C/CC/C=C/CCCCCCCCCCCCCCCCCCCCC. The molecule has 3 saturated heterocycles. The van der Waals surface area contributed by atoms with Crippen LogP contribution in [0.15, 0.2) is 134 Å². The van der Waals surface area contributed by atoms with Gasteiger partial charge < -0.3 is 89.9 Å². The summed E-state index contributed by atoms with van der Waals surface area (Å²) in [6.45, 7) is 1.59. The first-order chi connectivity index (χ1) is 51.3. The van der Waals surface area contributed by atoms with Crippen molar-refractivity contribution in [2.24, 2.45) is 0 Å². The van der Waals surface area contributed by atoms with Crippen molar-refractivity contribution in [3.8, 4) is 0 Å². The molecular formula is C86H145NO18. The third-order valence-corrected chi connectivity index (χ3v) is 19.4. The molecule has 12 N–H and O–H groups in total. The maximum absolute atomic E-state index is 13.5. The number of aliphatic hydroxyl groups is 11. The van der Waals surface area contributed by atoms with Crippen molar-refractivity contribution in [1.29, 1.82) is 0 Å². The summed E-state index contributed by atoms with van der Waals surface area (Å²) in [5.41, 5.74) is 0. The fourth-order valence-corrected chi connectivity index (χ4v) is 12.9. The van der Waals surface area contributed by atoms with Gasteiger partial charge in [0.25, 0.3) is 0 Å². The highest BCUT2D eigenvalue weighted by Gasteiger charge is 2.54. The lowest BCUT2D eigenvalue weighted by Gasteiger charge is -2.48. The van der Waals surface area contributed by atoms with Gasteiger partial charge in [0.1, 0.15) is 73.2 Å². The van der Waals surface area contributed by atoms with Gasteiger partial charge in [-0.25, -0.2) is 0 Å². The first-order valence-corrected chi connectivity index (χ1v) is 40.9. The molecule has 3 heterocycles. The van der Waals surface area contributed by atoms with Crippen molar-refractivity contribution in [2.75, 3.05) is 26.4 Å². The van der Waals surface area contributed by atoms with E-state index in [9.17, 15) is 61.0 Å². The van der Waals surface area contributed by atoms with Gasteiger partial charge in [0.15, 0.2) is 18.9 Å². The average Bonchev–Trinajstić information content (AvgIpc) is 0.781. The molecule has 19 nitrogen and oxygen atoms in total. The molecule has 0 spiro atoms. The fraction of sp³-hybridized carbons (Fsp3) is 0.733. The largest absolute Gasteiger partial charge is 0.394 e. The summed E-state index contributed by atoms with van der Waals surface area (Å²) >= 11 is 0. The summed E-state index contributed by atoms with van der Waals surface area (Å²) in [6, 6.07) is -1.02. The summed E-state index contributed by atoms with van der Waals surface area (Å²) in [5, 5.41) is 121. The molecule has 0 radical (unpaired) electrons. The van der Waals surface area contributed by atoms with Gasteiger partial charge >= 0.3 is 0 Å². The lowest BCUT2D eigenvalue weighted by Crippen LogP contribution is -2.66. The zero-order chi connectivity index (χ0) is 76.0. The van der Waals surface area contributed by atoms with Gasteiger partial charge in [-0.15, -0.1) is 0 Å². The molecule has 3 rings (SSSR count). The third kappa shape index (κ3) is 44.4. The van der Waals surface area contributed by atoms with Gasteiger partial charge in [-0.3, -0.25) is 4.79 Å². The Kier molecular flexibility index (Phi) is 58.6. The highest BCUT2D eigenvalue weighted by molar-refractivity contribution is 5.76. The second-order valence-corrected chi connectivity index (χ2v) is 28.5. The highest BCUT2D eigenvalue weighted by atomic mass is 16.8. The number of carbonyl (C=O) groups excluding carboxylic acids is 1.